The number of likely N-dealkylation sites (N-methyl/N-ethyl adjacent to an activating group) is 1. The number of hydrogen-bond donors (Lipinski definition) is 1. The Morgan fingerprint density at radius 2 is 1.86 bits per heavy atom. The van der Waals surface area contributed by atoms with E-state index in [-0.39, 0.29) is 0 Å². The van der Waals surface area contributed by atoms with E-state index >= 15 is 0 Å². The molecule has 1 N–H and O–H groups in total. The second-order valence-corrected chi connectivity index (χ2v) is 7.32. The molecule has 2 heteroatoms. The van der Waals surface area contributed by atoms with E-state index in [1.807, 2.05) is 0 Å². The third kappa shape index (κ3) is 2.43. The van der Waals surface area contributed by atoms with Gasteiger partial charge in [0.1, 0.15) is 0 Å². The molecule has 0 bridgehead atoms. The summed E-state index contributed by atoms with van der Waals surface area (Å²) in [4.78, 5) is 2.81. The van der Waals surface area contributed by atoms with E-state index in [4.69, 9.17) is 0 Å². The number of nitrogens with one attached hydrogen (secondary N) is 1. The Morgan fingerprint density at radius 3 is 2.71 bits per heavy atom. The highest BCUT2D eigenvalue weighted by Crippen LogP contribution is 2.40. The van der Waals surface area contributed by atoms with Gasteiger partial charge in [0.2, 0.25) is 0 Å². The zero-order valence-corrected chi connectivity index (χ0v) is 13.2. The van der Waals surface area contributed by atoms with Crippen LogP contribution in [-0.4, -0.2) is 31.1 Å². The maximum atomic E-state index is 3.60. The summed E-state index contributed by atoms with van der Waals surface area (Å²) in [6.07, 6.45) is 8.60. The quantitative estimate of drug-likeness (QED) is 0.895. The third-order valence-electron chi connectivity index (χ3n) is 6.31. The van der Waals surface area contributed by atoms with E-state index < -0.39 is 0 Å². The van der Waals surface area contributed by atoms with Crippen LogP contribution in [0.2, 0.25) is 0 Å². The van der Waals surface area contributed by atoms with E-state index in [0.29, 0.717) is 12.1 Å². The Morgan fingerprint density at radius 1 is 1.05 bits per heavy atom. The van der Waals surface area contributed by atoms with Crippen LogP contribution in [0.25, 0.3) is 0 Å². The smallest absolute Gasteiger partial charge is 0.0481 e. The summed E-state index contributed by atoms with van der Waals surface area (Å²) in [6, 6.07) is 10.2. The number of likely N-dealkylation sites (tertiary alicyclic amines) is 1. The molecule has 0 spiro atoms. The van der Waals surface area contributed by atoms with Crippen LogP contribution >= 0.6 is 0 Å². The van der Waals surface area contributed by atoms with Gasteiger partial charge < -0.3 is 5.32 Å². The van der Waals surface area contributed by atoms with Crippen molar-refractivity contribution < 1.29 is 0 Å². The monoisotopic (exact) mass is 284 g/mol. The molecule has 4 atom stereocenters. The van der Waals surface area contributed by atoms with Gasteiger partial charge in [-0.05, 0) is 55.8 Å². The van der Waals surface area contributed by atoms with Crippen LogP contribution in [0.3, 0.4) is 0 Å². The van der Waals surface area contributed by atoms with Crippen LogP contribution in [0.5, 0.6) is 0 Å². The van der Waals surface area contributed by atoms with Gasteiger partial charge in [-0.1, -0.05) is 43.5 Å². The van der Waals surface area contributed by atoms with Gasteiger partial charge in [-0.3, -0.25) is 4.90 Å². The lowest BCUT2D eigenvalue weighted by atomic mass is 9.74. The molecule has 4 rings (SSSR count). The fraction of sp³-hybridized carbons (Fsp3) is 0.684. The zero-order valence-electron chi connectivity index (χ0n) is 13.2. The molecular weight excluding hydrogens is 256 g/mol. The molecular formula is C19H28N2. The predicted molar refractivity (Wildman–Crippen MR) is 87.4 cm³/mol. The molecule has 4 unspecified atom stereocenters. The Bertz CT molecular complexity index is 498. The number of hydrogen-bond acceptors (Lipinski definition) is 2. The molecule has 0 aromatic heterocycles. The van der Waals surface area contributed by atoms with Crippen molar-refractivity contribution in [3.63, 3.8) is 0 Å². The minimum absolute atomic E-state index is 0.529. The molecule has 1 aromatic rings. The van der Waals surface area contributed by atoms with Crippen LogP contribution in [0.15, 0.2) is 24.3 Å². The molecule has 1 aromatic carbocycles. The number of rotatable bonds is 2. The first-order valence-electron chi connectivity index (χ1n) is 8.86. The number of fused-ring (bicyclic) bond motifs is 2. The standard InChI is InChI=1S/C19H28N2/c1-20-19-17-9-5-4-7-15(17)12-18(19)21-11-10-14-6-2-3-8-16(14)13-21/h4-5,7,9,14,16,18-20H,2-3,6,8,10-13H2,1H3. The van der Waals surface area contributed by atoms with Crippen LogP contribution in [0.1, 0.15) is 49.3 Å². The lowest BCUT2D eigenvalue weighted by Gasteiger charge is -2.45. The van der Waals surface area contributed by atoms with Crippen LogP contribution < -0.4 is 5.32 Å². The Balaban J connectivity index is 1.52. The fourth-order valence-electron chi connectivity index (χ4n) is 5.19. The molecule has 1 heterocycles. The molecule has 1 saturated heterocycles. The Hall–Kier alpha value is -0.860. The summed E-state index contributed by atoms with van der Waals surface area (Å²) in [5.41, 5.74) is 3.10. The van der Waals surface area contributed by atoms with Crippen LogP contribution in [0, 0.1) is 11.8 Å². The first-order chi connectivity index (χ1) is 10.4. The van der Waals surface area contributed by atoms with E-state index in [9.17, 15) is 0 Å². The number of nitrogens with zero attached hydrogens (tertiary/aromatic N) is 1. The summed E-state index contributed by atoms with van der Waals surface area (Å²) >= 11 is 0. The van der Waals surface area contributed by atoms with Crippen molar-refractivity contribution in [2.24, 2.45) is 11.8 Å². The van der Waals surface area contributed by atoms with Gasteiger partial charge in [-0.2, -0.15) is 0 Å². The second-order valence-electron chi connectivity index (χ2n) is 7.32. The predicted octanol–water partition coefficient (Wildman–Crippen LogP) is 3.38. The van der Waals surface area contributed by atoms with Gasteiger partial charge in [0, 0.05) is 18.6 Å². The SMILES string of the molecule is CNC1c2ccccc2CC1N1CCC2CCCCC2C1. The van der Waals surface area contributed by atoms with Crippen molar-refractivity contribution in [2.45, 2.75) is 50.6 Å². The lowest BCUT2D eigenvalue weighted by molar-refractivity contribution is 0.0483. The average Bonchev–Trinajstić information content (AvgIpc) is 2.93. The minimum Gasteiger partial charge on any atom is -0.312 e. The van der Waals surface area contributed by atoms with E-state index in [1.165, 1.54) is 57.2 Å². The largest absolute Gasteiger partial charge is 0.312 e. The van der Waals surface area contributed by atoms with Crippen molar-refractivity contribution in [2.75, 3.05) is 20.1 Å². The topological polar surface area (TPSA) is 15.3 Å². The summed E-state index contributed by atoms with van der Waals surface area (Å²) in [7, 11) is 2.13. The number of benzene rings is 1. The van der Waals surface area contributed by atoms with Crippen molar-refractivity contribution >= 4 is 0 Å². The van der Waals surface area contributed by atoms with Crippen molar-refractivity contribution in [1.29, 1.82) is 0 Å². The molecule has 2 fully saturated rings. The first-order valence-corrected chi connectivity index (χ1v) is 8.86. The molecule has 0 amide bonds. The minimum atomic E-state index is 0.529. The fourth-order valence-corrected chi connectivity index (χ4v) is 5.19. The molecule has 2 aliphatic carbocycles. The van der Waals surface area contributed by atoms with Gasteiger partial charge >= 0.3 is 0 Å². The second kappa shape index (κ2) is 5.73. The van der Waals surface area contributed by atoms with Crippen LogP contribution in [0.4, 0.5) is 0 Å². The Labute approximate surface area is 128 Å². The van der Waals surface area contributed by atoms with Gasteiger partial charge in [0.05, 0.1) is 0 Å². The summed E-state index contributed by atoms with van der Waals surface area (Å²) in [5, 5.41) is 3.60. The maximum Gasteiger partial charge on any atom is 0.0481 e. The summed E-state index contributed by atoms with van der Waals surface area (Å²) < 4.78 is 0. The Kier molecular flexibility index (Phi) is 3.76. The molecule has 3 aliphatic rings. The highest BCUT2D eigenvalue weighted by atomic mass is 15.2. The molecule has 0 radical (unpaired) electrons. The van der Waals surface area contributed by atoms with Gasteiger partial charge in [0.15, 0.2) is 0 Å². The highest BCUT2D eigenvalue weighted by molar-refractivity contribution is 5.37. The van der Waals surface area contributed by atoms with E-state index in [0.717, 1.165) is 11.8 Å². The third-order valence-corrected chi connectivity index (χ3v) is 6.31. The van der Waals surface area contributed by atoms with Crippen molar-refractivity contribution in [3.8, 4) is 0 Å². The maximum absolute atomic E-state index is 3.60. The van der Waals surface area contributed by atoms with Crippen molar-refractivity contribution in [1.82, 2.24) is 10.2 Å². The van der Waals surface area contributed by atoms with Crippen molar-refractivity contribution in [3.05, 3.63) is 35.4 Å². The molecule has 1 saturated carbocycles. The van der Waals surface area contributed by atoms with Gasteiger partial charge in [-0.15, -0.1) is 0 Å². The zero-order chi connectivity index (χ0) is 14.2. The number of piperidine rings is 1. The highest BCUT2D eigenvalue weighted by Gasteiger charge is 2.39. The van der Waals surface area contributed by atoms with E-state index in [2.05, 4.69) is 41.5 Å². The van der Waals surface area contributed by atoms with Crippen LogP contribution in [-0.2, 0) is 6.42 Å². The molecule has 114 valence electrons. The average molecular weight is 284 g/mol. The van der Waals surface area contributed by atoms with Gasteiger partial charge in [-0.25, -0.2) is 0 Å². The van der Waals surface area contributed by atoms with Gasteiger partial charge in [0.25, 0.3) is 0 Å². The molecule has 2 nitrogen and oxygen atoms in total. The summed E-state index contributed by atoms with van der Waals surface area (Å²) in [6.45, 7) is 2.67. The normalized spacial score (nSPS) is 36.2. The van der Waals surface area contributed by atoms with E-state index in [1.54, 1.807) is 5.56 Å². The lowest BCUT2D eigenvalue weighted by Crippen LogP contribution is -2.50. The molecule has 1 aliphatic heterocycles. The first kappa shape index (κ1) is 13.8. The summed E-state index contributed by atoms with van der Waals surface area (Å²) in [5.74, 6) is 2.01. The molecule has 21 heavy (non-hydrogen) atoms.